The smallest absolute Gasteiger partial charge is 0.347 e. The van der Waals surface area contributed by atoms with E-state index in [1.54, 1.807) is 0 Å². The zero-order valence-corrected chi connectivity index (χ0v) is 9.98. The van der Waals surface area contributed by atoms with E-state index in [1.807, 2.05) is 11.8 Å². The number of anilines is 1. The first-order valence-corrected chi connectivity index (χ1v) is 6.59. The van der Waals surface area contributed by atoms with Gasteiger partial charge in [0.25, 0.3) is 0 Å². The number of thiazole rings is 1. The van der Waals surface area contributed by atoms with Crippen LogP contribution in [0.3, 0.4) is 0 Å². The number of aromatic carboxylic acids is 1. The van der Waals surface area contributed by atoms with Gasteiger partial charge >= 0.3 is 5.97 Å². The molecule has 1 aromatic heterocycles. The minimum absolute atomic E-state index is 0.316. The predicted molar refractivity (Wildman–Crippen MR) is 63.2 cm³/mol. The molecule has 4 nitrogen and oxygen atoms in total. The van der Waals surface area contributed by atoms with Crippen LogP contribution in [-0.2, 0) is 0 Å². The van der Waals surface area contributed by atoms with Crippen LogP contribution >= 0.6 is 23.1 Å². The second kappa shape index (κ2) is 4.40. The van der Waals surface area contributed by atoms with Crippen LogP contribution in [0.25, 0.3) is 0 Å². The Morgan fingerprint density at radius 3 is 3.13 bits per heavy atom. The molecule has 2 heterocycles. The minimum Gasteiger partial charge on any atom is -0.477 e. The molecule has 0 aliphatic carbocycles. The molecule has 1 unspecified atom stereocenters. The molecule has 0 aromatic carbocycles. The van der Waals surface area contributed by atoms with Gasteiger partial charge in [0.05, 0.1) is 6.20 Å². The van der Waals surface area contributed by atoms with Gasteiger partial charge in [-0.1, -0.05) is 18.3 Å². The fourth-order valence-corrected chi connectivity index (χ4v) is 3.31. The van der Waals surface area contributed by atoms with E-state index in [0.717, 1.165) is 24.0 Å². The largest absolute Gasteiger partial charge is 0.477 e. The number of hydrogen-bond donors (Lipinski definition) is 1. The number of carboxylic acids is 1. The molecule has 1 saturated heterocycles. The van der Waals surface area contributed by atoms with E-state index in [2.05, 4.69) is 16.8 Å². The minimum atomic E-state index is -0.891. The molecular formula is C9H12N2O2S2. The number of carboxylic acid groups (broad SMARTS) is 1. The molecule has 1 aliphatic rings. The summed E-state index contributed by atoms with van der Waals surface area (Å²) in [6, 6.07) is 0. The zero-order valence-electron chi connectivity index (χ0n) is 8.34. The van der Waals surface area contributed by atoms with E-state index in [-0.39, 0.29) is 0 Å². The molecule has 1 aromatic rings. The molecule has 1 fully saturated rings. The van der Waals surface area contributed by atoms with Gasteiger partial charge in [-0.05, 0) is 0 Å². The van der Waals surface area contributed by atoms with Crippen molar-refractivity contribution in [3.63, 3.8) is 0 Å². The molecular weight excluding hydrogens is 232 g/mol. The van der Waals surface area contributed by atoms with Gasteiger partial charge in [0.2, 0.25) is 0 Å². The summed E-state index contributed by atoms with van der Waals surface area (Å²) in [4.78, 5) is 17.3. The summed E-state index contributed by atoms with van der Waals surface area (Å²) in [5.74, 6) is 0.196. The molecule has 0 radical (unpaired) electrons. The number of nitrogens with zero attached hydrogens (tertiary/aromatic N) is 2. The fourth-order valence-electron chi connectivity index (χ4n) is 1.50. The lowest BCUT2D eigenvalue weighted by Crippen LogP contribution is -2.36. The summed E-state index contributed by atoms with van der Waals surface area (Å²) in [6.45, 7) is 4.10. The number of aromatic nitrogens is 1. The van der Waals surface area contributed by atoms with Gasteiger partial charge in [-0.25, -0.2) is 9.78 Å². The van der Waals surface area contributed by atoms with Gasteiger partial charge in [0.15, 0.2) is 5.13 Å². The van der Waals surface area contributed by atoms with Gasteiger partial charge in [0, 0.05) is 24.1 Å². The molecule has 1 N–H and O–H groups in total. The van der Waals surface area contributed by atoms with Crippen LogP contribution in [0.1, 0.15) is 16.6 Å². The maximum atomic E-state index is 10.7. The first-order valence-electron chi connectivity index (χ1n) is 4.72. The van der Waals surface area contributed by atoms with Gasteiger partial charge in [-0.15, -0.1) is 0 Å². The van der Waals surface area contributed by atoms with Gasteiger partial charge in [-0.3, -0.25) is 0 Å². The standard InChI is InChI=1S/C9H12N2O2S2/c1-6-5-11(2-3-14-6)9-10-4-7(15-9)8(12)13/h4,6H,2-3,5H2,1H3,(H,12,13). The lowest BCUT2D eigenvalue weighted by Gasteiger charge is -2.30. The Morgan fingerprint density at radius 2 is 2.53 bits per heavy atom. The summed E-state index contributed by atoms with van der Waals surface area (Å²) in [6.07, 6.45) is 1.44. The maximum absolute atomic E-state index is 10.7. The quantitative estimate of drug-likeness (QED) is 0.859. The molecule has 0 amide bonds. The highest BCUT2D eigenvalue weighted by Crippen LogP contribution is 2.27. The van der Waals surface area contributed by atoms with Crippen molar-refractivity contribution >= 4 is 34.2 Å². The van der Waals surface area contributed by atoms with E-state index in [0.29, 0.717) is 10.1 Å². The first kappa shape index (κ1) is 10.8. The van der Waals surface area contributed by atoms with Crippen LogP contribution in [0, 0.1) is 0 Å². The van der Waals surface area contributed by atoms with E-state index in [4.69, 9.17) is 5.11 Å². The summed E-state index contributed by atoms with van der Waals surface area (Å²) in [7, 11) is 0. The van der Waals surface area contributed by atoms with Crippen molar-refractivity contribution in [1.82, 2.24) is 4.98 Å². The molecule has 0 saturated carbocycles. The van der Waals surface area contributed by atoms with Gasteiger partial charge < -0.3 is 10.0 Å². The van der Waals surface area contributed by atoms with Crippen molar-refractivity contribution in [2.75, 3.05) is 23.7 Å². The normalized spacial score (nSPS) is 21.7. The number of carbonyl (C=O) groups is 1. The fraction of sp³-hybridized carbons (Fsp3) is 0.556. The topological polar surface area (TPSA) is 53.4 Å². The zero-order chi connectivity index (χ0) is 10.8. The van der Waals surface area contributed by atoms with Crippen molar-refractivity contribution < 1.29 is 9.90 Å². The lowest BCUT2D eigenvalue weighted by atomic mass is 10.4. The van der Waals surface area contributed by atoms with E-state index >= 15 is 0 Å². The highest BCUT2D eigenvalue weighted by molar-refractivity contribution is 8.00. The molecule has 82 valence electrons. The first-order chi connectivity index (χ1) is 7.16. The predicted octanol–water partition coefficient (Wildman–Crippen LogP) is 1.78. The third-order valence-corrected chi connectivity index (χ3v) is 4.40. The van der Waals surface area contributed by atoms with E-state index in [1.165, 1.54) is 17.5 Å². The Morgan fingerprint density at radius 1 is 1.73 bits per heavy atom. The molecule has 6 heteroatoms. The summed E-state index contributed by atoms with van der Waals surface area (Å²) in [5.41, 5.74) is 0. The van der Waals surface area contributed by atoms with Gasteiger partial charge in [0.1, 0.15) is 4.88 Å². The highest BCUT2D eigenvalue weighted by Gasteiger charge is 2.20. The molecule has 0 bridgehead atoms. The SMILES string of the molecule is CC1CN(c2ncc(C(=O)O)s2)CCS1. The average Bonchev–Trinajstić information content (AvgIpc) is 2.66. The summed E-state index contributed by atoms with van der Waals surface area (Å²) in [5, 5.41) is 10.2. The van der Waals surface area contributed by atoms with Gasteiger partial charge in [-0.2, -0.15) is 11.8 Å². The van der Waals surface area contributed by atoms with Crippen molar-refractivity contribution in [2.45, 2.75) is 12.2 Å². The Hall–Kier alpha value is -0.750. The van der Waals surface area contributed by atoms with Crippen LogP contribution < -0.4 is 4.90 Å². The molecule has 2 rings (SSSR count). The number of hydrogen-bond acceptors (Lipinski definition) is 5. The summed E-state index contributed by atoms with van der Waals surface area (Å²) < 4.78 is 0. The Bertz CT molecular complexity index is 367. The van der Waals surface area contributed by atoms with E-state index < -0.39 is 5.97 Å². The highest BCUT2D eigenvalue weighted by atomic mass is 32.2. The Kier molecular flexibility index (Phi) is 3.16. The molecule has 15 heavy (non-hydrogen) atoms. The number of thioether (sulfide) groups is 1. The van der Waals surface area contributed by atoms with Crippen LogP contribution in [0.15, 0.2) is 6.20 Å². The molecule has 0 spiro atoms. The van der Waals surface area contributed by atoms with Crippen LogP contribution in [0.4, 0.5) is 5.13 Å². The van der Waals surface area contributed by atoms with Crippen LogP contribution in [0.2, 0.25) is 0 Å². The second-order valence-corrected chi connectivity index (χ2v) is 6.00. The molecule has 1 aliphatic heterocycles. The third-order valence-electron chi connectivity index (χ3n) is 2.22. The van der Waals surface area contributed by atoms with E-state index in [9.17, 15) is 4.79 Å². The maximum Gasteiger partial charge on any atom is 0.347 e. The van der Waals surface area contributed by atoms with Crippen LogP contribution in [0.5, 0.6) is 0 Å². The number of rotatable bonds is 2. The van der Waals surface area contributed by atoms with Crippen LogP contribution in [-0.4, -0.2) is 40.2 Å². The second-order valence-electron chi connectivity index (χ2n) is 3.44. The van der Waals surface area contributed by atoms with Crippen molar-refractivity contribution in [2.24, 2.45) is 0 Å². The molecule has 1 atom stereocenters. The Labute approximate surface area is 96.3 Å². The monoisotopic (exact) mass is 244 g/mol. The average molecular weight is 244 g/mol. The lowest BCUT2D eigenvalue weighted by molar-refractivity contribution is 0.0702. The third kappa shape index (κ3) is 2.43. The van der Waals surface area contributed by atoms with Crippen molar-refractivity contribution in [3.05, 3.63) is 11.1 Å². The van der Waals surface area contributed by atoms with Crippen molar-refractivity contribution in [3.8, 4) is 0 Å². The summed E-state index contributed by atoms with van der Waals surface area (Å²) >= 11 is 3.20. The Balaban J connectivity index is 2.11. The van der Waals surface area contributed by atoms with Crippen molar-refractivity contribution in [1.29, 1.82) is 0 Å².